The summed E-state index contributed by atoms with van der Waals surface area (Å²) >= 11 is 7.43. The van der Waals surface area contributed by atoms with Crippen molar-refractivity contribution in [1.82, 2.24) is 14.9 Å². The van der Waals surface area contributed by atoms with Crippen LogP contribution in [0.15, 0.2) is 46.3 Å². The molecular formula is C25H25ClN4O3S. The van der Waals surface area contributed by atoms with Crippen LogP contribution in [0.5, 0.6) is 5.75 Å². The van der Waals surface area contributed by atoms with Gasteiger partial charge in [0.05, 0.1) is 35.5 Å². The molecule has 4 rings (SSSR count). The van der Waals surface area contributed by atoms with Crippen molar-refractivity contribution in [2.75, 3.05) is 12.9 Å². The molecule has 9 heteroatoms. The van der Waals surface area contributed by atoms with Crippen molar-refractivity contribution in [3.05, 3.63) is 57.3 Å². The lowest BCUT2D eigenvalue weighted by Gasteiger charge is -2.31. The number of hydrogen-bond donors (Lipinski definition) is 1. The number of nitriles is 1. The minimum atomic E-state index is -0.817. The van der Waals surface area contributed by atoms with Crippen LogP contribution in [-0.2, 0) is 4.79 Å². The smallest absolute Gasteiger partial charge is 0.266 e. The van der Waals surface area contributed by atoms with Gasteiger partial charge in [-0.25, -0.2) is 4.98 Å². The van der Waals surface area contributed by atoms with E-state index in [2.05, 4.69) is 16.4 Å². The number of hydrogen-bond acceptors (Lipinski definition) is 6. The molecule has 1 aliphatic carbocycles. The van der Waals surface area contributed by atoms with Gasteiger partial charge in [-0.15, -0.1) is 0 Å². The number of para-hydroxylation sites is 1. The molecule has 0 bridgehead atoms. The van der Waals surface area contributed by atoms with E-state index in [0.29, 0.717) is 45.4 Å². The maximum Gasteiger partial charge on any atom is 0.266 e. The van der Waals surface area contributed by atoms with Crippen LogP contribution >= 0.6 is 23.4 Å². The van der Waals surface area contributed by atoms with E-state index in [1.54, 1.807) is 30.3 Å². The molecular weight excluding hydrogens is 472 g/mol. The first-order chi connectivity index (χ1) is 16.4. The average molecular weight is 497 g/mol. The second-order valence-electron chi connectivity index (χ2n) is 8.42. The highest BCUT2D eigenvalue weighted by atomic mass is 35.5. The van der Waals surface area contributed by atoms with Crippen molar-refractivity contribution in [2.45, 2.75) is 49.7 Å². The van der Waals surface area contributed by atoms with Gasteiger partial charge >= 0.3 is 0 Å². The van der Waals surface area contributed by atoms with Gasteiger partial charge in [0.2, 0.25) is 5.91 Å². The summed E-state index contributed by atoms with van der Waals surface area (Å²) in [5.74, 6) is 0.177. The van der Waals surface area contributed by atoms with E-state index in [4.69, 9.17) is 16.3 Å². The molecule has 7 nitrogen and oxygen atoms in total. The van der Waals surface area contributed by atoms with Gasteiger partial charge in [-0.2, -0.15) is 5.26 Å². The molecule has 0 saturated heterocycles. The van der Waals surface area contributed by atoms with E-state index in [1.807, 2.05) is 13.0 Å². The molecule has 0 atom stereocenters. The Morgan fingerprint density at radius 2 is 2.03 bits per heavy atom. The summed E-state index contributed by atoms with van der Waals surface area (Å²) in [7, 11) is 1.51. The third kappa shape index (κ3) is 4.77. The van der Waals surface area contributed by atoms with Crippen LogP contribution in [0.1, 0.15) is 37.7 Å². The van der Waals surface area contributed by atoms with Crippen molar-refractivity contribution in [2.24, 2.45) is 0 Å². The van der Waals surface area contributed by atoms with Crippen LogP contribution in [0, 0.1) is 18.3 Å². The van der Waals surface area contributed by atoms with Crippen LogP contribution in [0.3, 0.4) is 0 Å². The number of rotatable bonds is 6. The normalized spacial score (nSPS) is 15.0. The number of methoxy groups -OCH3 is 1. The Bertz CT molecular complexity index is 1340. The highest BCUT2D eigenvalue weighted by Gasteiger charge is 2.33. The molecule has 1 amide bonds. The molecule has 2 aromatic carbocycles. The van der Waals surface area contributed by atoms with Gasteiger partial charge in [0.25, 0.3) is 5.56 Å². The zero-order valence-corrected chi connectivity index (χ0v) is 20.6. The van der Waals surface area contributed by atoms with Gasteiger partial charge < -0.3 is 10.1 Å². The van der Waals surface area contributed by atoms with Gasteiger partial charge in [-0.1, -0.05) is 54.8 Å². The molecule has 1 fully saturated rings. The zero-order chi connectivity index (χ0) is 24.3. The van der Waals surface area contributed by atoms with Crippen LogP contribution in [0.25, 0.3) is 16.6 Å². The van der Waals surface area contributed by atoms with E-state index in [0.717, 1.165) is 36.6 Å². The van der Waals surface area contributed by atoms with Crippen LogP contribution in [-0.4, -0.2) is 33.9 Å². The number of nitrogens with zero attached hydrogens (tertiary/aromatic N) is 3. The number of nitrogens with one attached hydrogen (secondary N) is 1. The topological polar surface area (TPSA) is 97.0 Å². The first-order valence-electron chi connectivity index (χ1n) is 11.1. The lowest BCUT2D eigenvalue weighted by molar-refractivity contribution is -0.120. The summed E-state index contributed by atoms with van der Waals surface area (Å²) in [5.41, 5.74) is 0.727. The Kier molecular flexibility index (Phi) is 7.15. The molecule has 0 spiro atoms. The number of fused-ring (bicyclic) bond motifs is 1. The van der Waals surface area contributed by atoms with Crippen LogP contribution in [0.4, 0.5) is 0 Å². The fraction of sp³-hybridized carbons (Fsp3) is 0.360. The van der Waals surface area contributed by atoms with Gasteiger partial charge in [0.1, 0.15) is 11.3 Å². The summed E-state index contributed by atoms with van der Waals surface area (Å²) in [6, 6.07) is 12.8. The lowest BCUT2D eigenvalue weighted by Crippen LogP contribution is -2.49. The zero-order valence-electron chi connectivity index (χ0n) is 19.1. The first-order valence-corrected chi connectivity index (χ1v) is 12.5. The van der Waals surface area contributed by atoms with Crippen molar-refractivity contribution in [3.63, 3.8) is 0 Å². The molecule has 0 unspecified atom stereocenters. The van der Waals surface area contributed by atoms with Gasteiger partial charge in [-0.05, 0) is 43.5 Å². The molecule has 1 heterocycles. The summed E-state index contributed by atoms with van der Waals surface area (Å²) in [5, 5.41) is 13.9. The Hall–Kier alpha value is -3.02. The van der Waals surface area contributed by atoms with Crippen molar-refractivity contribution < 1.29 is 9.53 Å². The molecule has 1 N–H and O–H groups in total. The minimum absolute atomic E-state index is 0.0170. The second-order valence-corrected chi connectivity index (χ2v) is 9.77. The van der Waals surface area contributed by atoms with Crippen molar-refractivity contribution in [1.29, 1.82) is 5.26 Å². The predicted molar refractivity (Wildman–Crippen MR) is 134 cm³/mol. The molecule has 1 saturated carbocycles. The number of carbonyl (C=O) groups is 1. The highest BCUT2D eigenvalue weighted by Crippen LogP contribution is 2.32. The Balaban J connectivity index is 1.73. The molecule has 1 aliphatic rings. The molecule has 3 aromatic rings. The predicted octanol–water partition coefficient (Wildman–Crippen LogP) is 4.79. The fourth-order valence-corrected chi connectivity index (χ4v) is 5.22. The van der Waals surface area contributed by atoms with E-state index in [-0.39, 0.29) is 17.2 Å². The van der Waals surface area contributed by atoms with Gasteiger partial charge in [0.15, 0.2) is 5.16 Å². The number of aryl methyl sites for hydroxylation is 1. The van der Waals surface area contributed by atoms with E-state index in [1.165, 1.54) is 11.7 Å². The Morgan fingerprint density at radius 3 is 2.74 bits per heavy atom. The SMILES string of the molecule is COc1cc(Cl)c(C)cc1-n1c(SCC(=O)NC2(C#N)CCCCC2)nc2ccccc2c1=O. The summed E-state index contributed by atoms with van der Waals surface area (Å²) in [4.78, 5) is 31.1. The molecule has 34 heavy (non-hydrogen) atoms. The minimum Gasteiger partial charge on any atom is -0.495 e. The van der Waals surface area contributed by atoms with Gasteiger partial charge in [0, 0.05) is 11.1 Å². The average Bonchev–Trinajstić information content (AvgIpc) is 2.85. The Labute approximate surface area is 207 Å². The van der Waals surface area contributed by atoms with Crippen LogP contribution < -0.4 is 15.6 Å². The standard InChI is InChI=1S/C25H25ClN4O3S/c1-16-12-20(21(33-2)13-18(16)26)30-23(32)17-8-4-5-9-19(17)28-24(30)34-14-22(31)29-25(15-27)10-6-3-7-11-25/h4-5,8-9,12-13H,3,6-7,10-11,14H2,1-2H3,(H,29,31). The van der Waals surface area contributed by atoms with Crippen molar-refractivity contribution in [3.8, 4) is 17.5 Å². The quantitative estimate of drug-likeness (QED) is 0.389. The molecule has 176 valence electrons. The number of benzene rings is 2. The number of ether oxygens (including phenoxy) is 1. The fourth-order valence-electron chi connectivity index (χ4n) is 4.26. The number of amides is 1. The summed E-state index contributed by atoms with van der Waals surface area (Å²) in [6.07, 6.45) is 4.22. The van der Waals surface area contributed by atoms with Gasteiger partial charge in [-0.3, -0.25) is 14.2 Å². The third-order valence-electron chi connectivity index (χ3n) is 6.08. The van der Waals surface area contributed by atoms with E-state index >= 15 is 0 Å². The lowest BCUT2D eigenvalue weighted by atomic mass is 9.83. The largest absolute Gasteiger partial charge is 0.495 e. The third-order valence-corrected chi connectivity index (χ3v) is 7.42. The summed E-state index contributed by atoms with van der Waals surface area (Å²) in [6.45, 7) is 1.84. The van der Waals surface area contributed by atoms with Crippen molar-refractivity contribution >= 4 is 40.2 Å². The maximum atomic E-state index is 13.6. The van der Waals surface area contributed by atoms with E-state index in [9.17, 15) is 14.9 Å². The highest BCUT2D eigenvalue weighted by molar-refractivity contribution is 7.99. The Morgan fingerprint density at radius 1 is 1.29 bits per heavy atom. The molecule has 0 aliphatic heterocycles. The molecule has 1 aromatic heterocycles. The monoisotopic (exact) mass is 496 g/mol. The summed E-state index contributed by atoms with van der Waals surface area (Å²) < 4.78 is 6.98. The second kappa shape index (κ2) is 10.1. The number of carbonyl (C=O) groups excluding carboxylic acids is 1. The maximum absolute atomic E-state index is 13.6. The first kappa shape index (κ1) is 24.1. The number of aromatic nitrogens is 2. The number of halogens is 1. The molecule has 0 radical (unpaired) electrons. The van der Waals surface area contributed by atoms with Crippen LogP contribution in [0.2, 0.25) is 5.02 Å². The van der Waals surface area contributed by atoms with E-state index < -0.39 is 5.54 Å². The number of thioether (sulfide) groups is 1.